The van der Waals surface area contributed by atoms with Gasteiger partial charge in [0, 0.05) is 31.7 Å². The van der Waals surface area contributed by atoms with Crippen molar-refractivity contribution in [2.24, 2.45) is 13.0 Å². The van der Waals surface area contributed by atoms with Gasteiger partial charge in [-0.05, 0) is 32.1 Å². The molecule has 2 fully saturated rings. The third kappa shape index (κ3) is 2.39. The van der Waals surface area contributed by atoms with Crippen LogP contribution in [0.3, 0.4) is 0 Å². The van der Waals surface area contributed by atoms with Crippen LogP contribution in [-0.4, -0.2) is 28.4 Å². The molecule has 4 nitrogen and oxygen atoms in total. The van der Waals surface area contributed by atoms with E-state index in [4.69, 9.17) is 0 Å². The van der Waals surface area contributed by atoms with E-state index in [1.165, 1.54) is 32.1 Å². The highest BCUT2D eigenvalue weighted by Gasteiger charge is 2.34. The number of aryl methyl sites for hydroxylation is 2. The second kappa shape index (κ2) is 4.92. The summed E-state index contributed by atoms with van der Waals surface area (Å²) in [4.78, 5) is 0. The van der Waals surface area contributed by atoms with Gasteiger partial charge in [-0.1, -0.05) is 12.8 Å². The van der Waals surface area contributed by atoms with E-state index in [1.54, 1.807) is 0 Å². The summed E-state index contributed by atoms with van der Waals surface area (Å²) in [5.41, 5.74) is 1.08. The van der Waals surface area contributed by atoms with E-state index in [0.717, 1.165) is 30.0 Å². The number of anilines is 1. The summed E-state index contributed by atoms with van der Waals surface area (Å²) in [6.07, 6.45) is 7.00. The molecular formula is C14H24N4. The van der Waals surface area contributed by atoms with Crippen molar-refractivity contribution in [2.45, 2.75) is 51.1 Å². The van der Waals surface area contributed by atoms with Crippen molar-refractivity contribution < 1.29 is 0 Å². The first-order valence-corrected chi connectivity index (χ1v) is 7.23. The Morgan fingerprint density at radius 2 is 2.28 bits per heavy atom. The van der Waals surface area contributed by atoms with Gasteiger partial charge in [0.1, 0.15) is 5.82 Å². The van der Waals surface area contributed by atoms with Gasteiger partial charge in [-0.25, -0.2) is 0 Å². The Morgan fingerprint density at radius 1 is 1.44 bits per heavy atom. The lowest BCUT2D eigenvalue weighted by molar-refractivity contribution is 0.325. The fourth-order valence-electron chi connectivity index (χ4n) is 3.59. The highest BCUT2D eigenvalue weighted by Crippen LogP contribution is 2.33. The molecule has 0 bridgehead atoms. The van der Waals surface area contributed by atoms with Crippen LogP contribution in [0.2, 0.25) is 0 Å². The fraction of sp³-hybridized carbons (Fsp3) is 0.786. The van der Waals surface area contributed by atoms with Crippen LogP contribution in [0, 0.1) is 12.8 Å². The van der Waals surface area contributed by atoms with Crippen LogP contribution in [0.25, 0.3) is 0 Å². The van der Waals surface area contributed by atoms with Gasteiger partial charge >= 0.3 is 0 Å². The number of rotatable bonds is 3. The number of fused-ring (bicyclic) bond motifs is 1. The first-order chi connectivity index (χ1) is 8.72. The van der Waals surface area contributed by atoms with Crippen molar-refractivity contribution >= 4 is 5.82 Å². The molecule has 1 aliphatic heterocycles. The number of aromatic nitrogens is 2. The molecule has 3 rings (SSSR count). The third-order valence-corrected chi connectivity index (χ3v) is 4.48. The molecule has 2 aliphatic rings. The summed E-state index contributed by atoms with van der Waals surface area (Å²) in [6, 6.07) is 3.54. The molecule has 2 N–H and O–H groups in total. The minimum atomic E-state index is 0.633. The number of nitrogens with one attached hydrogen (secondary N) is 2. The van der Waals surface area contributed by atoms with Crippen LogP contribution in [0.4, 0.5) is 5.82 Å². The zero-order chi connectivity index (χ0) is 12.5. The summed E-state index contributed by atoms with van der Waals surface area (Å²) < 4.78 is 1.93. The van der Waals surface area contributed by atoms with E-state index in [-0.39, 0.29) is 0 Å². The van der Waals surface area contributed by atoms with Crippen molar-refractivity contribution in [2.75, 3.05) is 11.9 Å². The standard InChI is InChI=1S/C14H24N4/c1-10-7-14(18(2)17-10)15-9-12-8-11-5-3-4-6-13(11)16-12/h7,11-13,15-16H,3-6,8-9H2,1-2H3. The quantitative estimate of drug-likeness (QED) is 0.860. The van der Waals surface area contributed by atoms with Gasteiger partial charge in [-0.2, -0.15) is 5.10 Å². The molecule has 0 spiro atoms. The Kier molecular flexibility index (Phi) is 3.29. The molecule has 3 unspecified atom stereocenters. The average molecular weight is 248 g/mol. The molecule has 2 heterocycles. The molecule has 1 aromatic heterocycles. The summed E-state index contributed by atoms with van der Waals surface area (Å²) >= 11 is 0. The normalized spacial score (nSPS) is 31.3. The molecule has 0 amide bonds. The topological polar surface area (TPSA) is 41.9 Å². The minimum Gasteiger partial charge on any atom is -0.369 e. The van der Waals surface area contributed by atoms with Gasteiger partial charge < -0.3 is 10.6 Å². The molecule has 1 aromatic rings. The molecule has 3 atom stereocenters. The molecule has 0 radical (unpaired) electrons. The lowest BCUT2D eigenvalue weighted by atomic mass is 9.85. The average Bonchev–Trinajstić information content (AvgIpc) is 2.89. The van der Waals surface area contributed by atoms with Crippen LogP contribution < -0.4 is 10.6 Å². The van der Waals surface area contributed by atoms with Gasteiger partial charge in [-0.15, -0.1) is 0 Å². The van der Waals surface area contributed by atoms with Crippen LogP contribution in [-0.2, 0) is 7.05 Å². The Labute approximate surface area is 109 Å². The Morgan fingerprint density at radius 3 is 3.00 bits per heavy atom. The Hall–Kier alpha value is -1.03. The van der Waals surface area contributed by atoms with E-state index >= 15 is 0 Å². The number of nitrogens with zero attached hydrogens (tertiary/aromatic N) is 2. The summed E-state index contributed by atoms with van der Waals surface area (Å²) in [5, 5.41) is 11.7. The molecule has 18 heavy (non-hydrogen) atoms. The van der Waals surface area contributed by atoms with Crippen molar-refractivity contribution in [3.8, 4) is 0 Å². The van der Waals surface area contributed by atoms with Crippen molar-refractivity contribution in [1.29, 1.82) is 0 Å². The predicted molar refractivity (Wildman–Crippen MR) is 73.7 cm³/mol. The highest BCUT2D eigenvalue weighted by molar-refractivity contribution is 5.36. The highest BCUT2D eigenvalue weighted by atomic mass is 15.3. The maximum absolute atomic E-state index is 4.36. The minimum absolute atomic E-state index is 0.633. The first kappa shape index (κ1) is 12.0. The van der Waals surface area contributed by atoms with Gasteiger partial charge in [-0.3, -0.25) is 4.68 Å². The largest absolute Gasteiger partial charge is 0.369 e. The molecule has 100 valence electrons. The summed E-state index contributed by atoms with van der Waals surface area (Å²) in [6.45, 7) is 3.06. The van der Waals surface area contributed by atoms with Crippen LogP contribution in [0.15, 0.2) is 6.07 Å². The van der Waals surface area contributed by atoms with E-state index in [0.29, 0.717) is 6.04 Å². The maximum Gasteiger partial charge on any atom is 0.124 e. The molecule has 4 heteroatoms. The SMILES string of the molecule is Cc1cc(NCC2CC3CCCCC3N2)n(C)n1. The smallest absolute Gasteiger partial charge is 0.124 e. The van der Waals surface area contributed by atoms with Gasteiger partial charge in [0.05, 0.1) is 5.69 Å². The predicted octanol–water partition coefficient (Wildman–Crippen LogP) is 2.06. The van der Waals surface area contributed by atoms with Gasteiger partial charge in [0.15, 0.2) is 0 Å². The zero-order valence-corrected chi connectivity index (χ0v) is 11.4. The zero-order valence-electron chi connectivity index (χ0n) is 11.4. The lowest BCUT2D eigenvalue weighted by Gasteiger charge is -2.24. The molecular weight excluding hydrogens is 224 g/mol. The van der Waals surface area contributed by atoms with E-state index in [1.807, 2.05) is 18.7 Å². The van der Waals surface area contributed by atoms with Gasteiger partial charge in [0.25, 0.3) is 0 Å². The Balaban J connectivity index is 1.53. The second-order valence-electron chi connectivity index (χ2n) is 5.93. The van der Waals surface area contributed by atoms with Crippen molar-refractivity contribution in [1.82, 2.24) is 15.1 Å². The first-order valence-electron chi connectivity index (χ1n) is 7.23. The summed E-state index contributed by atoms with van der Waals surface area (Å²) in [7, 11) is 2.00. The summed E-state index contributed by atoms with van der Waals surface area (Å²) in [5.74, 6) is 2.06. The number of hydrogen-bond donors (Lipinski definition) is 2. The van der Waals surface area contributed by atoms with E-state index in [9.17, 15) is 0 Å². The number of hydrogen-bond acceptors (Lipinski definition) is 3. The van der Waals surface area contributed by atoms with Crippen LogP contribution in [0.5, 0.6) is 0 Å². The second-order valence-corrected chi connectivity index (χ2v) is 5.93. The maximum atomic E-state index is 4.36. The van der Waals surface area contributed by atoms with E-state index < -0.39 is 0 Å². The Bertz CT molecular complexity index is 398. The molecule has 0 aromatic carbocycles. The molecule has 1 saturated heterocycles. The third-order valence-electron chi connectivity index (χ3n) is 4.48. The van der Waals surface area contributed by atoms with Gasteiger partial charge in [0.2, 0.25) is 0 Å². The lowest BCUT2D eigenvalue weighted by Crippen LogP contribution is -2.36. The molecule has 1 aliphatic carbocycles. The fourth-order valence-corrected chi connectivity index (χ4v) is 3.59. The molecule has 1 saturated carbocycles. The van der Waals surface area contributed by atoms with Crippen molar-refractivity contribution in [3.05, 3.63) is 11.8 Å². The van der Waals surface area contributed by atoms with Crippen LogP contribution in [0.1, 0.15) is 37.8 Å². The van der Waals surface area contributed by atoms with Crippen LogP contribution >= 0.6 is 0 Å². The van der Waals surface area contributed by atoms with E-state index in [2.05, 4.69) is 21.8 Å². The monoisotopic (exact) mass is 248 g/mol. The van der Waals surface area contributed by atoms with Crippen molar-refractivity contribution in [3.63, 3.8) is 0 Å².